The Labute approximate surface area is 161 Å². The Balaban J connectivity index is 2.73. The van der Waals surface area contributed by atoms with Crippen LogP contribution in [0.4, 0.5) is 14.5 Å². The second-order valence-electron chi connectivity index (χ2n) is 7.26. The molecule has 27 heavy (non-hydrogen) atoms. The number of halogens is 2. The molecule has 0 unspecified atom stereocenters. The van der Waals surface area contributed by atoms with Gasteiger partial charge in [0.1, 0.15) is 11.6 Å². The van der Waals surface area contributed by atoms with E-state index in [4.69, 9.17) is 9.47 Å². The molecule has 6 heteroatoms. The van der Waals surface area contributed by atoms with Crippen LogP contribution >= 0.6 is 0 Å². The highest BCUT2D eigenvalue weighted by molar-refractivity contribution is 5.97. The lowest BCUT2D eigenvalue weighted by molar-refractivity contribution is -0.127. The van der Waals surface area contributed by atoms with Crippen molar-refractivity contribution >= 4 is 11.6 Å². The Morgan fingerprint density at radius 3 is 2.30 bits per heavy atom. The van der Waals surface area contributed by atoms with Gasteiger partial charge in [0.15, 0.2) is 0 Å². The Kier molecular flexibility index (Phi) is 10.5. The smallest absolute Gasteiger partial charge is 0.232 e. The van der Waals surface area contributed by atoms with Gasteiger partial charge in [-0.1, -0.05) is 40.5 Å². The van der Waals surface area contributed by atoms with Crippen LogP contribution in [0.2, 0.25) is 0 Å². The van der Waals surface area contributed by atoms with Crippen LogP contribution in [0, 0.1) is 17.0 Å². The highest BCUT2D eigenvalue weighted by Gasteiger charge is 2.33. The fourth-order valence-corrected chi connectivity index (χ4v) is 2.85. The van der Waals surface area contributed by atoms with Crippen LogP contribution in [0.5, 0.6) is 0 Å². The molecule has 0 aliphatic heterocycles. The number of carbonyl (C=O) groups is 1. The quantitative estimate of drug-likeness (QED) is 0.451. The lowest BCUT2D eigenvalue weighted by Crippen LogP contribution is -2.43. The summed E-state index contributed by atoms with van der Waals surface area (Å²) in [6.45, 7) is 9.84. The second-order valence-corrected chi connectivity index (χ2v) is 7.26. The minimum absolute atomic E-state index is 0.0772. The molecule has 1 rings (SSSR count). The van der Waals surface area contributed by atoms with E-state index in [1.54, 1.807) is 0 Å². The topological polar surface area (TPSA) is 38.8 Å². The van der Waals surface area contributed by atoms with Crippen molar-refractivity contribution in [3.63, 3.8) is 0 Å². The van der Waals surface area contributed by atoms with E-state index in [9.17, 15) is 13.6 Å². The van der Waals surface area contributed by atoms with E-state index in [0.717, 1.165) is 31.4 Å². The molecule has 1 aromatic rings. The largest absolute Gasteiger partial charge is 0.379 e. The third-order valence-corrected chi connectivity index (χ3v) is 4.37. The fraction of sp³-hybridized carbons (Fsp3) is 0.667. The molecule has 1 amide bonds. The van der Waals surface area contributed by atoms with Crippen molar-refractivity contribution in [1.82, 2.24) is 0 Å². The molecule has 0 saturated carbocycles. The van der Waals surface area contributed by atoms with E-state index in [2.05, 4.69) is 6.92 Å². The zero-order valence-electron chi connectivity index (χ0n) is 17.0. The Bertz CT molecular complexity index is 579. The van der Waals surface area contributed by atoms with Crippen molar-refractivity contribution in [1.29, 1.82) is 0 Å². The number of benzene rings is 1. The Morgan fingerprint density at radius 2 is 1.70 bits per heavy atom. The molecule has 0 fully saturated rings. The lowest BCUT2D eigenvalue weighted by atomic mass is 9.86. The normalized spacial score (nSPS) is 11.6. The molecule has 0 heterocycles. The highest BCUT2D eigenvalue weighted by atomic mass is 19.1. The first-order chi connectivity index (χ1) is 12.8. The number of hydrogen-bond acceptors (Lipinski definition) is 3. The van der Waals surface area contributed by atoms with Crippen LogP contribution in [-0.2, 0) is 14.3 Å². The first-order valence-electron chi connectivity index (χ1n) is 9.76. The van der Waals surface area contributed by atoms with Gasteiger partial charge < -0.3 is 14.4 Å². The number of nitrogens with zero attached hydrogens (tertiary/aromatic N) is 1. The zero-order chi connectivity index (χ0) is 20.3. The maximum Gasteiger partial charge on any atom is 0.232 e. The third-order valence-electron chi connectivity index (χ3n) is 4.37. The van der Waals surface area contributed by atoms with Crippen molar-refractivity contribution < 1.29 is 23.0 Å². The van der Waals surface area contributed by atoms with E-state index in [-0.39, 0.29) is 24.7 Å². The van der Waals surface area contributed by atoms with Crippen LogP contribution in [0.1, 0.15) is 53.4 Å². The van der Waals surface area contributed by atoms with E-state index >= 15 is 0 Å². The predicted octanol–water partition coefficient (Wildman–Crippen LogP) is 4.96. The van der Waals surface area contributed by atoms with Gasteiger partial charge in [-0.3, -0.25) is 4.79 Å². The second kappa shape index (κ2) is 12.0. The van der Waals surface area contributed by atoms with Gasteiger partial charge in [-0.2, -0.15) is 0 Å². The van der Waals surface area contributed by atoms with Crippen molar-refractivity contribution in [2.24, 2.45) is 5.41 Å². The summed E-state index contributed by atoms with van der Waals surface area (Å²) in [4.78, 5) is 14.4. The molecule has 0 bridgehead atoms. The van der Waals surface area contributed by atoms with Gasteiger partial charge in [0.2, 0.25) is 5.91 Å². The van der Waals surface area contributed by atoms with Gasteiger partial charge in [0, 0.05) is 24.6 Å². The number of hydrogen-bond donors (Lipinski definition) is 0. The summed E-state index contributed by atoms with van der Waals surface area (Å²) in [6, 6.07) is 3.26. The standard InChI is InChI=1S/C21H33F2NO3/c1-5-7-12-26-14-15-27-13-11-24(20(25)21(3,4)10-6-2)19-9-8-17(22)16-18(19)23/h8-9,16H,5-7,10-15H2,1-4H3. The molecule has 0 radical (unpaired) electrons. The molecule has 0 aromatic heterocycles. The van der Waals surface area contributed by atoms with Crippen LogP contribution in [0.25, 0.3) is 0 Å². The summed E-state index contributed by atoms with van der Waals surface area (Å²) in [5.41, 5.74) is -0.563. The molecule has 0 atom stereocenters. The first kappa shape index (κ1) is 23.5. The van der Waals surface area contributed by atoms with Gasteiger partial charge in [0.25, 0.3) is 0 Å². The minimum atomic E-state index is -0.751. The number of amides is 1. The average molecular weight is 385 g/mol. The molecule has 0 saturated heterocycles. The van der Waals surface area contributed by atoms with Crippen LogP contribution < -0.4 is 4.90 Å². The summed E-state index contributed by atoms with van der Waals surface area (Å²) in [6.07, 6.45) is 3.61. The molecule has 0 N–H and O–H groups in total. The van der Waals surface area contributed by atoms with Crippen LogP contribution in [-0.4, -0.2) is 38.9 Å². The van der Waals surface area contributed by atoms with Gasteiger partial charge >= 0.3 is 0 Å². The SMILES string of the molecule is CCCCOCCOCCN(C(=O)C(C)(C)CCC)c1ccc(F)cc1F. The fourth-order valence-electron chi connectivity index (χ4n) is 2.85. The van der Waals surface area contributed by atoms with Gasteiger partial charge in [-0.05, 0) is 25.0 Å². The Morgan fingerprint density at radius 1 is 1.04 bits per heavy atom. The molecular weight excluding hydrogens is 352 g/mol. The molecule has 0 spiro atoms. The van der Waals surface area contributed by atoms with E-state index in [0.29, 0.717) is 26.2 Å². The van der Waals surface area contributed by atoms with E-state index < -0.39 is 17.0 Å². The van der Waals surface area contributed by atoms with E-state index in [1.165, 1.54) is 11.0 Å². The molecular formula is C21H33F2NO3. The highest BCUT2D eigenvalue weighted by Crippen LogP contribution is 2.29. The van der Waals surface area contributed by atoms with E-state index in [1.807, 2.05) is 20.8 Å². The minimum Gasteiger partial charge on any atom is -0.379 e. The van der Waals surface area contributed by atoms with Gasteiger partial charge in [0.05, 0.1) is 25.5 Å². The number of unbranched alkanes of at least 4 members (excludes halogenated alkanes) is 1. The first-order valence-corrected chi connectivity index (χ1v) is 9.76. The number of anilines is 1. The summed E-state index contributed by atoms with van der Waals surface area (Å²) in [5.74, 6) is -1.62. The van der Waals surface area contributed by atoms with Crippen LogP contribution in [0.15, 0.2) is 18.2 Å². The Hall–Kier alpha value is -1.53. The molecule has 1 aromatic carbocycles. The van der Waals surface area contributed by atoms with Crippen LogP contribution in [0.3, 0.4) is 0 Å². The molecule has 0 aliphatic carbocycles. The summed E-state index contributed by atoms with van der Waals surface area (Å²) >= 11 is 0. The van der Waals surface area contributed by atoms with Crippen molar-refractivity contribution in [2.75, 3.05) is 37.9 Å². The third kappa shape index (κ3) is 7.93. The maximum atomic E-state index is 14.3. The van der Waals surface area contributed by atoms with Gasteiger partial charge in [-0.25, -0.2) is 8.78 Å². The van der Waals surface area contributed by atoms with Crippen molar-refractivity contribution in [3.8, 4) is 0 Å². The summed E-state index contributed by atoms with van der Waals surface area (Å²) < 4.78 is 38.5. The zero-order valence-corrected chi connectivity index (χ0v) is 17.0. The number of carbonyl (C=O) groups excluding carboxylic acids is 1. The predicted molar refractivity (Wildman–Crippen MR) is 104 cm³/mol. The molecule has 0 aliphatic rings. The monoisotopic (exact) mass is 385 g/mol. The summed E-state index contributed by atoms with van der Waals surface area (Å²) in [7, 11) is 0. The summed E-state index contributed by atoms with van der Waals surface area (Å²) in [5, 5.41) is 0. The average Bonchev–Trinajstić information content (AvgIpc) is 2.61. The maximum absolute atomic E-state index is 14.3. The number of rotatable bonds is 13. The molecule has 4 nitrogen and oxygen atoms in total. The van der Waals surface area contributed by atoms with Gasteiger partial charge in [-0.15, -0.1) is 0 Å². The van der Waals surface area contributed by atoms with Crippen molar-refractivity contribution in [3.05, 3.63) is 29.8 Å². The molecule has 154 valence electrons. The van der Waals surface area contributed by atoms with Crippen molar-refractivity contribution in [2.45, 2.75) is 53.4 Å². The lowest BCUT2D eigenvalue weighted by Gasteiger charge is -2.32. The number of ether oxygens (including phenoxy) is 2.